The molecule has 0 saturated carbocycles. The van der Waals surface area contributed by atoms with Crippen molar-refractivity contribution in [1.82, 2.24) is 0 Å². The topological polar surface area (TPSA) is 60.2 Å². The Balaban J connectivity index is 2.40. The standard InChI is InChI=1S/C13H12ClNO2S/c14-13(10-4-2-1-3-5-10)18(16,17)12-8-6-11(15)7-9-12/h1-9,13H,15H2/t13-/m0/s1. The van der Waals surface area contributed by atoms with Gasteiger partial charge in [0.1, 0.15) is 0 Å². The van der Waals surface area contributed by atoms with Crippen molar-refractivity contribution in [3.05, 3.63) is 60.2 Å². The van der Waals surface area contributed by atoms with Crippen LogP contribution < -0.4 is 5.73 Å². The molecule has 0 spiro atoms. The summed E-state index contributed by atoms with van der Waals surface area (Å²) in [4.78, 5) is 0.167. The van der Waals surface area contributed by atoms with Crippen LogP contribution in [0.4, 0.5) is 5.69 Å². The molecule has 0 aliphatic heterocycles. The third-order valence-corrected chi connectivity index (χ3v) is 5.24. The first kappa shape index (κ1) is 12.9. The van der Waals surface area contributed by atoms with Crippen molar-refractivity contribution in [2.75, 3.05) is 5.73 Å². The molecule has 94 valence electrons. The monoisotopic (exact) mass is 281 g/mol. The molecule has 0 unspecified atom stereocenters. The molecule has 5 heteroatoms. The molecule has 0 aromatic heterocycles. The lowest BCUT2D eigenvalue weighted by molar-refractivity contribution is 0.594. The third-order valence-electron chi connectivity index (χ3n) is 2.54. The molecule has 0 aliphatic carbocycles. The summed E-state index contributed by atoms with van der Waals surface area (Å²) in [5, 5.41) is 0. The maximum atomic E-state index is 12.3. The van der Waals surface area contributed by atoms with Gasteiger partial charge >= 0.3 is 0 Å². The highest BCUT2D eigenvalue weighted by Crippen LogP contribution is 2.32. The fourth-order valence-corrected chi connectivity index (χ4v) is 3.28. The van der Waals surface area contributed by atoms with Gasteiger partial charge in [0.2, 0.25) is 0 Å². The maximum Gasteiger partial charge on any atom is 0.199 e. The van der Waals surface area contributed by atoms with Gasteiger partial charge in [-0.25, -0.2) is 8.42 Å². The van der Waals surface area contributed by atoms with E-state index < -0.39 is 14.5 Å². The van der Waals surface area contributed by atoms with E-state index in [0.717, 1.165) is 0 Å². The van der Waals surface area contributed by atoms with E-state index in [1.807, 2.05) is 6.07 Å². The van der Waals surface area contributed by atoms with E-state index in [0.29, 0.717) is 11.3 Å². The van der Waals surface area contributed by atoms with Gasteiger partial charge in [-0.15, -0.1) is 0 Å². The Kier molecular flexibility index (Phi) is 3.59. The lowest BCUT2D eigenvalue weighted by atomic mass is 10.2. The first-order valence-corrected chi connectivity index (χ1v) is 7.28. The quantitative estimate of drug-likeness (QED) is 0.695. The van der Waals surface area contributed by atoms with E-state index in [-0.39, 0.29) is 4.90 Å². The van der Waals surface area contributed by atoms with Crippen LogP contribution in [0.15, 0.2) is 59.5 Å². The third kappa shape index (κ3) is 2.49. The van der Waals surface area contributed by atoms with Crippen molar-refractivity contribution < 1.29 is 8.42 Å². The highest BCUT2D eigenvalue weighted by molar-refractivity contribution is 7.92. The molecule has 0 fully saturated rings. The number of anilines is 1. The molecule has 0 bridgehead atoms. The SMILES string of the molecule is Nc1ccc(S(=O)(=O)[C@H](Cl)c2ccccc2)cc1. The molecule has 0 amide bonds. The minimum atomic E-state index is -3.60. The summed E-state index contributed by atoms with van der Waals surface area (Å²) < 4.78 is 23.4. The zero-order valence-corrected chi connectivity index (χ0v) is 11.0. The lowest BCUT2D eigenvalue weighted by Gasteiger charge is -2.11. The van der Waals surface area contributed by atoms with Gasteiger partial charge < -0.3 is 5.73 Å². The van der Waals surface area contributed by atoms with E-state index >= 15 is 0 Å². The van der Waals surface area contributed by atoms with Gasteiger partial charge in [0, 0.05) is 5.69 Å². The first-order valence-electron chi connectivity index (χ1n) is 5.30. The number of halogens is 1. The van der Waals surface area contributed by atoms with Gasteiger partial charge in [0.05, 0.1) is 4.90 Å². The summed E-state index contributed by atoms with van der Waals surface area (Å²) in [5.74, 6) is 0. The van der Waals surface area contributed by atoms with Crippen LogP contribution in [0.25, 0.3) is 0 Å². The van der Waals surface area contributed by atoms with Gasteiger partial charge in [0.25, 0.3) is 0 Å². The minimum absolute atomic E-state index is 0.167. The molecule has 2 N–H and O–H groups in total. The van der Waals surface area contributed by atoms with Gasteiger partial charge in [-0.05, 0) is 29.8 Å². The Labute approximate surface area is 111 Å². The molecule has 18 heavy (non-hydrogen) atoms. The van der Waals surface area contributed by atoms with Crippen LogP contribution in [0.5, 0.6) is 0 Å². The average molecular weight is 282 g/mol. The second-order valence-corrected chi connectivity index (χ2v) is 6.57. The van der Waals surface area contributed by atoms with Gasteiger partial charge in [-0.2, -0.15) is 0 Å². The number of rotatable bonds is 3. The van der Waals surface area contributed by atoms with E-state index in [9.17, 15) is 8.42 Å². The number of hydrogen-bond donors (Lipinski definition) is 1. The molecular weight excluding hydrogens is 270 g/mol. The zero-order valence-electron chi connectivity index (χ0n) is 9.45. The summed E-state index contributed by atoms with van der Waals surface area (Å²) in [7, 11) is -3.60. The Morgan fingerprint density at radius 3 is 2.06 bits per heavy atom. The molecule has 0 heterocycles. The molecule has 2 aromatic carbocycles. The smallest absolute Gasteiger partial charge is 0.199 e. The minimum Gasteiger partial charge on any atom is -0.399 e. The van der Waals surface area contributed by atoms with E-state index in [1.165, 1.54) is 12.1 Å². The average Bonchev–Trinajstić information content (AvgIpc) is 2.39. The van der Waals surface area contributed by atoms with Crippen LogP contribution in [0.3, 0.4) is 0 Å². The predicted molar refractivity (Wildman–Crippen MR) is 73.1 cm³/mol. The highest BCUT2D eigenvalue weighted by Gasteiger charge is 2.26. The number of alkyl halides is 1. The van der Waals surface area contributed by atoms with E-state index in [2.05, 4.69) is 0 Å². The Morgan fingerprint density at radius 1 is 0.944 bits per heavy atom. The number of nitrogens with two attached hydrogens (primary N) is 1. The molecule has 3 nitrogen and oxygen atoms in total. The first-order chi connectivity index (χ1) is 8.51. The predicted octanol–water partition coefficient (Wildman–Crippen LogP) is 2.98. The maximum absolute atomic E-state index is 12.3. The van der Waals surface area contributed by atoms with Crippen LogP contribution in [0.1, 0.15) is 10.3 Å². The van der Waals surface area contributed by atoms with Crippen molar-refractivity contribution in [3.8, 4) is 0 Å². The Hall–Kier alpha value is -1.52. The lowest BCUT2D eigenvalue weighted by Crippen LogP contribution is -2.08. The van der Waals surface area contributed by atoms with Gasteiger partial charge in [-0.3, -0.25) is 0 Å². The van der Waals surface area contributed by atoms with Crippen molar-refractivity contribution in [1.29, 1.82) is 0 Å². The van der Waals surface area contributed by atoms with Crippen molar-refractivity contribution in [2.45, 2.75) is 9.60 Å². The second-order valence-electron chi connectivity index (χ2n) is 3.84. The molecule has 2 aromatic rings. The summed E-state index contributed by atoms with van der Waals surface area (Å²) >= 11 is 6.05. The molecule has 1 atom stereocenters. The van der Waals surface area contributed by atoms with Crippen molar-refractivity contribution >= 4 is 27.1 Å². The van der Waals surface area contributed by atoms with Crippen LogP contribution >= 0.6 is 11.6 Å². The largest absolute Gasteiger partial charge is 0.399 e. The highest BCUT2D eigenvalue weighted by atomic mass is 35.5. The summed E-state index contributed by atoms with van der Waals surface area (Å²) in [6.45, 7) is 0. The Morgan fingerprint density at radius 2 is 1.50 bits per heavy atom. The van der Waals surface area contributed by atoms with Gasteiger partial charge in [0.15, 0.2) is 14.5 Å². The number of nitrogen functional groups attached to an aromatic ring is 1. The molecule has 0 radical (unpaired) electrons. The summed E-state index contributed by atoms with van der Waals surface area (Å²) in [6.07, 6.45) is 0. The summed E-state index contributed by atoms with van der Waals surface area (Å²) in [6, 6.07) is 14.7. The van der Waals surface area contributed by atoms with Crippen LogP contribution in [0.2, 0.25) is 0 Å². The normalized spacial score (nSPS) is 13.2. The molecule has 0 aliphatic rings. The van der Waals surface area contributed by atoms with E-state index in [4.69, 9.17) is 17.3 Å². The van der Waals surface area contributed by atoms with Crippen molar-refractivity contribution in [2.24, 2.45) is 0 Å². The fraction of sp³-hybridized carbons (Fsp3) is 0.0769. The Bertz CT molecular complexity index is 624. The van der Waals surface area contributed by atoms with Crippen molar-refractivity contribution in [3.63, 3.8) is 0 Å². The van der Waals surface area contributed by atoms with Crippen LogP contribution in [-0.4, -0.2) is 8.42 Å². The zero-order chi connectivity index (χ0) is 13.2. The number of benzene rings is 2. The fourth-order valence-electron chi connectivity index (χ4n) is 1.56. The van der Waals surface area contributed by atoms with Crippen LogP contribution in [-0.2, 0) is 9.84 Å². The molecule has 2 rings (SSSR count). The second kappa shape index (κ2) is 5.00. The number of sulfone groups is 1. The van der Waals surface area contributed by atoms with Crippen LogP contribution in [0, 0.1) is 0 Å². The van der Waals surface area contributed by atoms with Gasteiger partial charge in [-0.1, -0.05) is 41.9 Å². The molecule has 0 saturated heterocycles. The van der Waals surface area contributed by atoms with E-state index in [1.54, 1.807) is 36.4 Å². The molecular formula is C13H12ClNO2S. The number of hydrogen-bond acceptors (Lipinski definition) is 3. The summed E-state index contributed by atoms with van der Waals surface area (Å²) in [5.41, 5.74) is 6.59.